The van der Waals surface area contributed by atoms with Gasteiger partial charge in [-0.15, -0.1) is 0 Å². The smallest absolute Gasteiger partial charge is 0.222 e. The number of benzene rings is 1. The van der Waals surface area contributed by atoms with E-state index in [1.165, 1.54) is 0 Å². The molecule has 0 aliphatic carbocycles. The summed E-state index contributed by atoms with van der Waals surface area (Å²) in [7, 11) is 2.01. The van der Waals surface area contributed by atoms with Crippen molar-refractivity contribution in [3.8, 4) is 11.6 Å². The molecular formula is C22H32N4O. The fourth-order valence-corrected chi connectivity index (χ4v) is 2.42. The fourth-order valence-electron chi connectivity index (χ4n) is 2.42. The van der Waals surface area contributed by atoms with Crippen LogP contribution in [0.15, 0.2) is 29.4 Å². The Bertz CT molecular complexity index is 793. The van der Waals surface area contributed by atoms with E-state index in [1.54, 1.807) is 12.3 Å². The summed E-state index contributed by atoms with van der Waals surface area (Å²) >= 11 is 0. The molecule has 2 rings (SSSR count). The van der Waals surface area contributed by atoms with Gasteiger partial charge >= 0.3 is 0 Å². The lowest BCUT2D eigenvalue weighted by Gasteiger charge is -2.17. The topological polar surface area (TPSA) is 50.6 Å². The number of rotatable bonds is 7. The Kier molecular flexibility index (Phi) is 6.94. The van der Waals surface area contributed by atoms with Gasteiger partial charge in [-0.2, -0.15) is 4.98 Å². The van der Waals surface area contributed by atoms with Crippen molar-refractivity contribution in [2.75, 3.05) is 13.6 Å². The van der Waals surface area contributed by atoms with Crippen molar-refractivity contribution in [1.82, 2.24) is 14.9 Å². The first-order valence-corrected chi connectivity index (χ1v) is 9.53. The van der Waals surface area contributed by atoms with Crippen molar-refractivity contribution < 1.29 is 4.74 Å². The maximum atomic E-state index is 6.05. The lowest BCUT2D eigenvalue weighted by molar-refractivity contribution is 0.372. The van der Waals surface area contributed by atoms with Gasteiger partial charge < -0.3 is 9.64 Å². The van der Waals surface area contributed by atoms with Gasteiger partial charge in [-0.25, -0.2) is 9.98 Å². The minimum atomic E-state index is 0.260. The van der Waals surface area contributed by atoms with Crippen LogP contribution in [-0.2, 0) is 6.42 Å². The molecule has 2 aromatic rings. The molecule has 0 bridgehead atoms. The van der Waals surface area contributed by atoms with Crippen LogP contribution < -0.4 is 4.74 Å². The summed E-state index contributed by atoms with van der Waals surface area (Å²) < 4.78 is 6.05. The summed E-state index contributed by atoms with van der Waals surface area (Å²) in [6.07, 6.45) is 5.50. The van der Waals surface area contributed by atoms with E-state index in [-0.39, 0.29) is 5.41 Å². The van der Waals surface area contributed by atoms with Crippen LogP contribution in [0.25, 0.3) is 0 Å². The third kappa shape index (κ3) is 6.66. The molecular weight excluding hydrogens is 336 g/mol. The van der Waals surface area contributed by atoms with Crippen molar-refractivity contribution >= 4 is 12.0 Å². The SMILES string of the molecule is CCN(C)/C=N/c1cc(C)c(Oc2ccnc(CCC(C)(C)C)n2)cc1C. The molecule has 0 unspecified atom stereocenters. The second-order valence-electron chi connectivity index (χ2n) is 8.20. The zero-order chi connectivity index (χ0) is 20.0. The van der Waals surface area contributed by atoms with Crippen LogP contribution in [-0.4, -0.2) is 34.8 Å². The minimum absolute atomic E-state index is 0.260. The number of aryl methyl sites for hydroxylation is 3. The molecule has 1 aromatic heterocycles. The van der Waals surface area contributed by atoms with Crippen molar-refractivity contribution in [2.45, 2.75) is 54.4 Å². The summed E-state index contributed by atoms with van der Waals surface area (Å²) in [5.74, 6) is 2.20. The number of hydrogen-bond acceptors (Lipinski definition) is 4. The van der Waals surface area contributed by atoms with Crippen LogP contribution in [0.4, 0.5) is 5.69 Å². The predicted octanol–water partition coefficient (Wildman–Crippen LogP) is 5.48. The molecule has 0 fully saturated rings. The second-order valence-corrected chi connectivity index (χ2v) is 8.20. The van der Waals surface area contributed by atoms with E-state index < -0.39 is 0 Å². The highest BCUT2D eigenvalue weighted by Crippen LogP contribution is 2.31. The van der Waals surface area contributed by atoms with Crippen molar-refractivity contribution in [2.24, 2.45) is 10.4 Å². The Morgan fingerprint density at radius 2 is 1.93 bits per heavy atom. The first-order chi connectivity index (χ1) is 12.7. The molecule has 0 N–H and O–H groups in total. The van der Waals surface area contributed by atoms with Crippen molar-refractivity contribution in [1.29, 1.82) is 0 Å². The molecule has 0 atom stereocenters. The molecule has 146 valence electrons. The van der Waals surface area contributed by atoms with E-state index in [0.717, 1.165) is 47.8 Å². The number of hydrogen-bond donors (Lipinski definition) is 0. The average Bonchev–Trinajstić information content (AvgIpc) is 2.61. The van der Waals surface area contributed by atoms with Crippen molar-refractivity contribution in [3.63, 3.8) is 0 Å². The number of aromatic nitrogens is 2. The Morgan fingerprint density at radius 3 is 2.59 bits per heavy atom. The van der Waals surface area contributed by atoms with Crippen LogP contribution >= 0.6 is 0 Å². The van der Waals surface area contributed by atoms with E-state index in [0.29, 0.717) is 5.88 Å². The third-order valence-electron chi connectivity index (χ3n) is 4.38. The summed E-state index contributed by atoms with van der Waals surface area (Å²) in [6.45, 7) is 13.8. The maximum absolute atomic E-state index is 6.05. The Balaban J connectivity index is 2.15. The van der Waals surface area contributed by atoms with Gasteiger partial charge in [0.05, 0.1) is 12.0 Å². The molecule has 0 spiro atoms. The molecule has 0 aliphatic heterocycles. The van der Waals surface area contributed by atoms with Gasteiger partial charge in [-0.1, -0.05) is 20.8 Å². The van der Waals surface area contributed by atoms with Gasteiger partial charge in [-0.3, -0.25) is 0 Å². The molecule has 0 saturated heterocycles. The van der Waals surface area contributed by atoms with E-state index >= 15 is 0 Å². The first-order valence-electron chi connectivity index (χ1n) is 9.53. The molecule has 0 radical (unpaired) electrons. The molecule has 0 aliphatic rings. The first kappa shape index (κ1) is 20.9. The Labute approximate surface area is 163 Å². The number of aliphatic imine (C=N–C) groups is 1. The maximum Gasteiger partial charge on any atom is 0.222 e. The van der Waals surface area contributed by atoms with Crippen LogP contribution in [0.5, 0.6) is 11.6 Å². The largest absolute Gasteiger partial charge is 0.439 e. The highest BCUT2D eigenvalue weighted by atomic mass is 16.5. The highest BCUT2D eigenvalue weighted by molar-refractivity contribution is 5.64. The summed E-state index contributed by atoms with van der Waals surface area (Å²) in [5, 5.41) is 0. The monoisotopic (exact) mass is 368 g/mol. The second kappa shape index (κ2) is 8.98. The van der Waals surface area contributed by atoms with E-state index in [1.807, 2.05) is 44.3 Å². The molecule has 0 saturated carbocycles. The minimum Gasteiger partial charge on any atom is -0.439 e. The Hall–Kier alpha value is -2.43. The third-order valence-corrected chi connectivity index (χ3v) is 4.38. The van der Waals surface area contributed by atoms with Crippen LogP contribution in [0, 0.1) is 19.3 Å². The summed E-state index contributed by atoms with van der Waals surface area (Å²) in [5.41, 5.74) is 3.31. The summed E-state index contributed by atoms with van der Waals surface area (Å²) in [4.78, 5) is 15.5. The highest BCUT2D eigenvalue weighted by Gasteiger charge is 2.12. The molecule has 1 aromatic carbocycles. The summed E-state index contributed by atoms with van der Waals surface area (Å²) in [6, 6.07) is 5.87. The standard InChI is InChI=1S/C22H32N4O/c1-8-26(7)15-24-18-13-17(3)19(14-16(18)2)27-21-10-12-23-20(25-21)9-11-22(4,5)6/h10,12-15H,8-9,11H2,1-7H3/b24-15+. The predicted molar refractivity (Wildman–Crippen MR) is 112 cm³/mol. The van der Waals surface area contributed by atoms with Crippen LogP contribution in [0.3, 0.4) is 0 Å². The molecule has 0 amide bonds. The van der Waals surface area contributed by atoms with Crippen molar-refractivity contribution in [3.05, 3.63) is 41.3 Å². The fraction of sp³-hybridized carbons (Fsp3) is 0.500. The van der Waals surface area contributed by atoms with E-state index in [4.69, 9.17) is 4.74 Å². The Morgan fingerprint density at radius 1 is 1.19 bits per heavy atom. The molecule has 1 heterocycles. The van der Waals surface area contributed by atoms with Gasteiger partial charge in [0.25, 0.3) is 0 Å². The average molecular weight is 369 g/mol. The zero-order valence-corrected chi connectivity index (χ0v) is 17.7. The zero-order valence-electron chi connectivity index (χ0n) is 17.7. The molecule has 27 heavy (non-hydrogen) atoms. The van der Waals surface area contributed by atoms with Gasteiger partial charge in [-0.05, 0) is 55.9 Å². The van der Waals surface area contributed by atoms with Gasteiger partial charge in [0, 0.05) is 32.3 Å². The number of ether oxygens (including phenoxy) is 1. The van der Waals surface area contributed by atoms with Crippen LogP contribution in [0.1, 0.15) is 51.1 Å². The van der Waals surface area contributed by atoms with Crippen LogP contribution in [0.2, 0.25) is 0 Å². The van der Waals surface area contributed by atoms with Gasteiger partial charge in [0.15, 0.2) is 0 Å². The van der Waals surface area contributed by atoms with E-state index in [2.05, 4.69) is 42.7 Å². The molecule has 5 nitrogen and oxygen atoms in total. The normalized spacial score (nSPS) is 11.8. The van der Waals surface area contributed by atoms with Gasteiger partial charge in [0.2, 0.25) is 5.88 Å². The van der Waals surface area contributed by atoms with E-state index in [9.17, 15) is 0 Å². The molecule has 5 heteroatoms. The number of nitrogens with zero attached hydrogens (tertiary/aromatic N) is 4. The quantitative estimate of drug-likeness (QED) is 0.480. The lowest BCUT2D eigenvalue weighted by atomic mass is 9.90. The lowest BCUT2D eigenvalue weighted by Crippen LogP contribution is -2.14. The van der Waals surface area contributed by atoms with Gasteiger partial charge in [0.1, 0.15) is 11.6 Å².